The highest BCUT2D eigenvalue weighted by molar-refractivity contribution is 5.11. The van der Waals surface area contributed by atoms with Crippen LogP contribution in [0.2, 0.25) is 0 Å². The van der Waals surface area contributed by atoms with Gasteiger partial charge < -0.3 is 9.64 Å². The van der Waals surface area contributed by atoms with Crippen molar-refractivity contribution in [3.05, 3.63) is 11.8 Å². The summed E-state index contributed by atoms with van der Waals surface area (Å²) < 4.78 is 140. The SMILES string of the molecule is FC(F)=C(N1CC(C(F)(F)F)OC(C(F)(F)F)C1)C(F)(F)F. The van der Waals surface area contributed by atoms with Crippen LogP contribution in [0.25, 0.3) is 0 Å². The summed E-state index contributed by atoms with van der Waals surface area (Å²) in [5, 5.41) is 0. The van der Waals surface area contributed by atoms with Crippen LogP contribution in [-0.4, -0.2) is 48.7 Å². The lowest BCUT2D eigenvalue weighted by molar-refractivity contribution is -0.307. The van der Waals surface area contributed by atoms with Gasteiger partial charge in [-0.05, 0) is 0 Å². The molecule has 0 N–H and O–H groups in total. The van der Waals surface area contributed by atoms with Crippen LogP contribution in [0.4, 0.5) is 48.3 Å². The van der Waals surface area contributed by atoms with E-state index in [1.807, 2.05) is 0 Å². The highest BCUT2D eigenvalue weighted by Gasteiger charge is 2.55. The van der Waals surface area contributed by atoms with Crippen molar-refractivity contribution in [1.82, 2.24) is 4.90 Å². The number of alkyl halides is 9. The van der Waals surface area contributed by atoms with Gasteiger partial charge in [-0.25, -0.2) is 0 Å². The largest absolute Gasteiger partial charge is 0.436 e. The minimum absolute atomic E-state index is 0.713. The zero-order chi connectivity index (χ0) is 17.5. The zero-order valence-corrected chi connectivity index (χ0v) is 10.1. The monoisotopic (exact) mass is 353 g/mol. The predicted octanol–water partition coefficient (Wildman–Crippen LogP) is 3.85. The van der Waals surface area contributed by atoms with E-state index in [1.165, 1.54) is 0 Å². The Morgan fingerprint density at radius 2 is 1.14 bits per heavy atom. The Hall–Kier alpha value is -1.27. The van der Waals surface area contributed by atoms with Crippen molar-refractivity contribution in [3.63, 3.8) is 0 Å². The Kier molecular flexibility index (Phi) is 4.90. The minimum atomic E-state index is -5.82. The van der Waals surface area contributed by atoms with E-state index in [2.05, 4.69) is 4.74 Å². The fraction of sp³-hybridized carbons (Fsp3) is 0.778. The normalized spacial score (nSPS) is 24.4. The molecule has 1 heterocycles. The highest BCUT2D eigenvalue weighted by Crippen LogP contribution is 2.39. The molecule has 0 aromatic carbocycles. The molecule has 1 saturated heterocycles. The third kappa shape index (κ3) is 4.36. The van der Waals surface area contributed by atoms with Gasteiger partial charge in [0.1, 0.15) is 0 Å². The van der Waals surface area contributed by atoms with E-state index >= 15 is 0 Å². The van der Waals surface area contributed by atoms with E-state index in [4.69, 9.17) is 0 Å². The number of hydrogen-bond donors (Lipinski definition) is 0. The van der Waals surface area contributed by atoms with Crippen LogP contribution in [0, 0.1) is 0 Å². The van der Waals surface area contributed by atoms with Crippen LogP contribution in [0.15, 0.2) is 11.8 Å². The Labute approximate surface area is 115 Å². The Balaban J connectivity index is 3.21. The van der Waals surface area contributed by atoms with Gasteiger partial charge in [-0.2, -0.15) is 48.3 Å². The van der Waals surface area contributed by atoms with E-state index in [1.54, 1.807) is 0 Å². The Bertz CT molecular complexity index is 408. The van der Waals surface area contributed by atoms with Gasteiger partial charge in [-0.1, -0.05) is 0 Å². The van der Waals surface area contributed by atoms with E-state index in [-0.39, 0.29) is 0 Å². The van der Waals surface area contributed by atoms with E-state index in [0.29, 0.717) is 0 Å². The predicted molar refractivity (Wildman–Crippen MR) is 47.6 cm³/mol. The summed E-state index contributed by atoms with van der Waals surface area (Å²) in [4.78, 5) is -0.713. The smallest absolute Gasteiger partial charge is 0.357 e. The molecule has 22 heavy (non-hydrogen) atoms. The van der Waals surface area contributed by atoms with E-state index < -0.39 is 60.5 Å². The summed E-state index contributed by atoms with van der Waals surface area (Å²) in [7, 11) is 0. The van der Waals surface area contributed by atoms with Crippen LogP contribution in [0.5, 0.6) is 0 Å². The Morgan fingerprint density at radius 3 is 1.36 bits per heavy atom. The molecule has 130 valence electrons. The molecule has 0 aromatic heterocycles. The third-order valence-corrected chi connectivity index (χ3v) is 2.59. The number of morpholine rings is 1. The molecule has 1 fully saturated rings. The van der Waals surface area contributed by atoms with Crippen molar-refractivity contribution in [3.8, 4) is 0 Å². The zero-order valence-electron chi connectivity index (χ0n) is 10.1. The van der Waals surface area contributed by atoms with Gasteiger partial charge >= 0.3 is 18.5 Å². The summed E-state index contributed by atoms with van der Waals surface area (Å²) in [6, 6.07) is 0. The quantitative estimate of drug-likeness (QED) is 0.664. The molecule has 0 aliphatic carbocycles. The fourth-order valence-corrected chi connectivity index (χ4v) is 1.71. The molecule has 2 nitrogen and oxygen atoms in total. The lowest BCUT2D eigenvalue weighted by Crippen LogP contribution is -2.57. The van der Waals surface area contributed by atoms with Crippen LogP contribution >= 0.6 is 0 Å². The fourth-order valence-electron chi connectivity index (χ4n) is 1.71. The van der Waals surface area contributed by atoms with Crippen molar-refractivity contribution < 1.29 is 53.0 Å². The molecule has 1 aliphatic rings. The number of ether oxygens (including phenoxy) is 1. The van der Waals surface area contributed by atoms with Crippen molar-refractivity contribution in [2.24, 2.45) is 0 Å². The number of allylic oxidation sites excluding steroid dienone is 1. The van der Waals surface area contributed by atoms with E-state index in [0.717, 1.165) is 0 Å². The van der Waals surface area contributed by atoms with Gasteiger partial charge in [0.2, 0.25) is 0 Å². The number of hydrogen-bond acceptors (Lipinski definition) is 2. The van der Waals surface area contributed by atoms with Gasteiger partial charge in [0.15, 0.2) is 17.9 Å². The first-order chi connectivity index (χ1) is 9.64. The standard InChI is InChI=1S/C9H6F11NO/c10-6(11)5(9(18,19)20)21-1-3(7(12,13)14)22-4(2-21)8(15,16)17/h3-4H,1-2H2. The average Bonchev–Trinajstić information content (AvgIpc) is 2.23. The molecule has 1 rings (SSSR count). The summed E-state index contributed by atoms with van der Waals surface area (Å²) in [6.07, 6.45) is -26.7. The van der Waals surface area contributed by atoms with Crippen molar-refractivity contribution >= 4 is 0 Å². The maximum Gasteiger partial charge on any atom is 0.436 e. The molecule has 1 aliphatic heterocycles. The summed E-state index contributed by atoms with van der Waals surface area (Å²) in [6.45, 7) is -3.66. The molecule has 0 spiro atoms. The van der Waals surface area contributed by atoms with Gasteiger partial charge in [-0.3, -0.25) is 0 Å². The van der Waals surface area contributed by atoms with Gasteiger partial charge in [0, 0.05) is 0 Å². The molecule has 0 amide bonds. The number of rotatable bonds is 1. The van der Waals surface area contributed by atoms with Gasteiger partial charge in [0.25, 0.3) is 6.08 Å². The maximum atomic E-state index is 12.4. The van der Waals surface area contributed by atoms with Crippen molar-refractivity contribution in [1.29, 1.82) is 0 Å². The molecular weight excluding hydrogens is 347 g/mol. The van der Waals surface area contributed by atoms with Crippen LogP contribution in [0.3, 0.4) is 0 Å². The first-order valence-electron chi connectivity index (χ1n) is 5.30. The second-order valence-corrected chi connectivity index (χ2v) is 4.21. The number of nitrogens with zero attached hydrogens (tertiary/aromatic N) is 1. The second kappa shape index (κ2) is 5.74. The van der Waals surface area contributed by atoms with Crippen molar-refractivity contribution in [2.75, 3.05) is 13.1 Å². The molecule has 0 aromatic rings. The Morgan fingerprint density at radius 1 is 0.773 bits per heavy atom. The average molecular weight is 353 g/mol. The second-order valence-electron chi connectivity index (χ2n) is 4.21. The highest BCUT2D eigenvalue weighted by atomic mass is 19.4. The van der Waals surface area contributed by atoms with E-state index in [9.17, 15) is 48.3 Å². The topological polar surface area (TPSA) is 12.5 Å². The first kappa shape index (κ1) is 18.8. The molecule has 2 unspecified atom stereocenters. The van der Waals surface area contributed by atoms with Crippen LogP contribution in [-0.2, 0) is 4.74 Å². The lowest BCUT2D eigenvalue weighted by Gasteiger charge is -2.41. The summed E-state index contributed by atoms with van der Waals surface area (Å²) in [5.74, 6) is 0. The van der Waals surface area contributed by atoms with Gasteiger partial charge in [0.05, 0.1) is 13.1 Å². The summed E-state index contributed by atoms with van der Waals surface area (Å²) in [5.41, 5.74) is -2.85. The van der Waals surface area contributed by atoms with Crippen molar-refractivity contribution in [2.45, 2.75) is 30.7 Å². The van der Waals surface area contributed by atoms with Crippen LogP contribution < -0.4 is 0 Å². The molecule has 0 radical (unpaired) electrons. The first-order valence-corrected chi connectivity index (χ1v) is 5.30. The molecule has 0 saturated carbocycles. The molecule has 13 heteroatoms. The van der Waals surface area contributed by atoms with Gasteiger partial charge in [-0.15, -0.1) is 0 Å². The third-order valence-electron chi connectivity index (χ3n) is 2.59. The maximum absolute atomic E-state index is 12.4. The summed E-state index contributed by atoms with van der Waals surface area (Å²) >= 11 is 0. The lowest BCUT2D eigenvalue weighted by atomic mass is 10.1. The van der Waals surface area contributed by atoms with Crippen LogP contribution in [0.1, 0.15) is 0 Å². The molecule has 0 bridgehead atoms. The number of halogens is 11. The molecular formula is C9H6F11NO. The molecule has 2 atom stereocenters. The minimum Gasteiger partial charge on any atom is -0.357 e.